The van der Waals surface area contributed by atoms with Crippen LogP contribution in [0.1, 0.15) is 41.8 Å². The predicted molar refractivity (Wildman–Crippen MR) is 109 cm³/mol. The highest BCUT2D eigenvalue weighted by Gasteiger charge is 2.34. The normalized spacial score (nSPS) is 20.2. The molecule has 1 N–H and O–H groups in total. The third kappa shape index (κ3) is 3.38. The Morgan fingerprint density at radius 3 is 2.73 bits per heavy atom. The molecule has 1 aromatic carbocycles. The van der Waals surface area contributed by atoms with Crippen LogP contribution < -0.4 is 4.74 Å². The summed E-state index contributed by atoms with van der Waals surface area (Å²) in [5.74, 6) is -0.755. The number of aliphatic imine (C=N–C) groups is 1. The Morgan fingerprint density at radius 2 is 1.97 bits per heavy atom. The van der Waals surface area contributed by atoms with Crippen LogP contribution in [0.2, 0.25) is 0 Å². The zero-order chi connectivity index (χ0) is 20.7. The second kappa shape index (κ2) is 7.44. The van der Waals surface area contributed by atoms with Crippen molar-refractivity contribution in [3.63, 3.8) is 0 Å². The Morgan fingerprint density at radius 1 is 1.17 bits per heavy atom. The topological polar surface area (TPSA) is 72.0 Å². The Labute approximate surface area is 172 Å². The van der Waals surface area contributed by atoms with Crippen molar-refractivity contribution in [2.24, 2.45) is 10.9 Å². The molecular weight excluding hydrogens is 385 g/mol. The molecule has 5 rings (SSSR count). The summed E-state index contributed by atoms with van der Waals surface area (Å²) in [6, 6.07) is 9.47. The second-order valence-corrected chi connectivity index (χ2v) is 7.69. The molecule has 1 fully saturated rings. The largest absolute Gasteiger partial charge is 0.475 e. The number of halogens is 1. The third-order valence-electron chi connectivity index (χ3n) is 5.72. The fourth-order valence-corrected chi connectivity index (χ4v) is 4.33. The first-order valence-corrected chi connectivity index (χ1v) is 10.1. The molecule has 3 aliphatic rings. The van der Waals surface area contributed by atoms with E-state index in [1.54, 1.807) is 0 Å². The van der Waals surface area contributed by atoms with E-state index in [1.807, 2.05) is 18.2 Å². The summed E-state index contributed by atoms with van der Waals surface area (Å²) in [7, 11) is 0. The molecule has 0 spiro atoms. The number of benzene rings is 1. The number of allylic oxidation sites excluding steroid dienone is 4. The van der Waals surface area contributed by atoms with Crippen LogP contribution in [0.25, 0.3) is 0 Å². The van der Waals surface area contributed by atoms with Gasteiger partial charge in [-0.3, -0.25) is 0 Å². The van der Waals surface area contributed by atoms with Crippen molar-refractivity contribution in [1.82, 2.24) is 0 Å². The molecule has 2 aromatic rings. The van der Waals surface area contributed by atoms with Crippen molar-refractivity contribution < 1.29 is 23.4 Å². The van der Waals surface area contributed by atoms with Gasteiger partial charge in [0.05, 0.1) is 0 Å². The van der Waals surface area contributed by atoms with Crippen molar-refractivity contribution in [2.75, 3.05) is 0 Å². The van der Waals surface area contributed by atoms with E-state index in [0.29, 0.717) is 5.76 Å². The summed E-state index contributed by atoms with van der Waals surface area (Å²) in [6.07, 6.45) is 8.89. The molecule has 6 heteroatoms. The number of fused-ring (bicyclic) bond motifs is 2. The van der Waals surface area contributed by atoms with Gasteiger partial charge in [0.25, 0.3) is 5.95 Å². The van der Waals surface area contributed by atoms with Crippen LogP contribution in [0.3, 0.4) is 0 Å². The number of rotatable bonds is 5. The molecule has 1 unspecified atom stereocenters. The lowest BCUT2D eigenvalue weighted by Crippen LogP contribution is -2.15. The molecule has 5 nitrogen and oxygen atoms in total. The summed E-state index contributed by atoms with van der Waals surface area (Å²) < 4.78 is 24.5. The standard InChI is InChI=1S/C24H20FNO4/c25-16-8-5-14(6-9-16)13-15-7-10-19(29-21-12-11-20(30-21)24(27)28)23-22(15)17-3-1-2-4-18(17)26-23/h5-12,15H,1-4,13H2,(H,27,28). The first-order chi connectivity index (χ1) is 14.6. The third-order valence-corrected chi connectivity index (χ3v) is 5.72. The van der Waals surface area contributed by atoms with E-state index in [0.717, 1.165) is 54.6 Å². The van der Waals surface area contributed by atoms with Crippen LogP contribution in [-0.2, 0) is 6.42 Å². The van der Waals surface area contributed by atoms with E-state index in [4.69, 9.17) is 19.3 Å². The zero-order valence-electron chi connectivity index (χ0n) is 16.2. The highest BCUT2D eigenvalue weighted by molar-refractivity contribution is 6.05. The minimum absolute atomic E-state index is 0.121. The number of carboxylic acid groups (broad SMARTS) is 1. The highest BCUT2D eigenvalue weighted by Crippen LogP contribution is 2.43. The molecule has 1 aromatic heterocycles. The lowest BCUT2D eigenvalue weighted by molar-refractivity contribution is 0.0656. The van der Waals surface area contributed by atoms with Gasteiger partial charge in [-0.15, -0.1) is 0 Å². The van der Waals surface area contributed by atoms with Gasteiger partial charge in [-0.05, 0) is 73.1 Å². The molecule has 30 heavy (non-hydrogen) atoms. The Hall–Kier alpha value is -3.41. The number of hydrogen-bond acceptors (Lipinski definition) is 4. The Bertz CT molecular complexity index is 1130. The van der Waals surface area contributed by atoms with Crippen LogP contribution in [0, 0.1) is 11.7 Å². The van der Waals surface area contributed by atoms with Crippen LogP contribution in [0.5, 0.6) is 5.95 Å². The van der Waals surface area contributed by atoms with E-state index >= 15 is 0 Å². The maximum Gasteiger partial charge on any atom is 0.371 e. The smallest absolute Gasteiger partial charge is 0.371 e. The highest BCUT2D eigenvalue weighted by atomic mass is 19.1. The maximum atomic E-state index is 13.3. The number of ether oxygens (including phenoxy) is 1. The molecular formula is C24H20FNO4. The minimum atomic E-state index is -1.14. The van der Waals surface area contributed by atoms with Crippen molar-refractivity contribution >= 4 is 11.7 Å². The molecule has 1 saturated carbocycles. The number of nitrogens with zero attached hydrogens (tertiary/aromatic N) is 1. The summed E-state index contributed by atoms with van der Waals surface area (Å²) in [4.78, 5) is 16.0. The zero-order valence-corrected chi connectivity index (χ0v) is 16.2. The van der Waals surface area contributed by atoms with Crippen molar-refractivity contribution in [2.45, 2.75) is 32.1 Å². The predicted octanol–water partition coefficient (Wildman–Crippen LogP) is 5.46. The van der Waals surface area contributed by atoms with Crippen LogP contribution in [-0.4, -0.2) is 16.8 Å². The number of furan rings is 1. The first-order valence-electron chi connectivity index (χ1n) is 10.1. The minimum Gasteiger partial charge on any atom is -0.475 e. The van der Waals surface area contributed by atoms with Crippen molar-refractivity contribution in [3.8, 4) is 5.95 Å². The molecule has 0 saturated heterocycles. The number of carboxylic acids is 1. The van der Waals surface area contributed by atoms with Crippen molar-refractivity contribution in [3.05, 3.63) is 88.3 Å². The number of carbonyl (C=O) groups is 1. The van der Waals surface area contributed by atoms with Crippen LogP contribution in [0.15, 0.2) is 80.6 Å². The van der Waals surface area contributed by atoms with E-state index in [9.17, 15) is 9.18 Å². The summed E-state index contributed by atoms with van der Waals surface area (Å²) in [6.45, 7) is 0. The van der Waals surface area contributed by atoms with Gasteiger partial charge in [0.1, 0.15) is 11.5 Å². The molecule has 0 bridgehead atoms. The van der Waals surface area contributed by atoms with E-state index in [2.05, 4.69) is 6.08 Å². The molecule has 152 valence electrons. The fraction of sp³-hybridized carbons (Fsp3) is 0.250. The number of hydrogen-bond donors (Lipinski definition) is 1. The van der Waals surface area contributed by atoms with Crippen LogP contribution >= 0.6 is 0 Å². The van der Waals surface area contributed by atoms with E-state index in [-0.39, 0.29) is 23.4 Å². The molecule has 2 aliphatic carbocycles. The van der Waals surface area contributed by atoms with Gasteiger partial charge in [-0.1, -0.05) is 18.2 Å². The van der Waals surface area contributed by atoms with Gasteiger partial charge < -0.3 is 14.3 Å². The van der Waals surface area contributed by atoms with Gasteiger partial charge >= 0.3 is 5.97 Å². The SMILES string of the molecule is O=C(O)c1ccc(OC2=C3N=C4CCCCC4=C3C(Cc3ccc(F)cc3)C=C2)o1. The fourth-order valence-electron chi connectivity index (χ4n) is 4.33. The molecule has 1 atom stereocenters. The first kappa shape index (κ1) is 18.6. The molecule has 1 aliphatic heterocycles. The average molecular weight is 405 g/mol. The Kier molecular flexibility index (Phi) is 4.62. The quantitative estimate of drug-likeness (QED) is 0.717. The summed E-state index contributed by atoms with van der Waals surface area (Å²) in [5.41, 5.74) is 5.43. The molecule has 2 heterocycles. The van der Waals surface area contributed by atoms with E-state index in [1.165, 1.54) is 29.8 Å². The summed E-state index contributed by atoms with van der Waals surface area (Å²) in [5, 5.41) is 9.06. The van der Waals surface area contributed by atoms with Gasteiger partial charge in [0.2, 0.25) is 5.76 Å². The maximum absolute atomic E-state index is 13.3. The van der Waals surface area contributed by atoms with Gasteiger partial charge in [-0.25, -0.2) is 14.2 Å². The van der Waals surface area contributed by atoms with Gasteiger partial charge in [-0.2, -0.15) is 0 Å². The van der Waals surface area contributed by atoms with Gasteiger partial charge in [0, 0.05) is 17.7 Å². The average Bonchev–Trinajstić information content (AvgIpc) is 3.36. The van der Waals surface area contributed by atoms with Crippen LogP contribution in [0.4, 0.5) is 4.39 Å². The monoisotopic (exact) mass is 405 g/mol. The number of aromatic carboxylic acids is 1. The Balaban J connectivity index is 1.49. The second-order valence-electron chi connectivity index (χ2n) is 7.69. The lowest BCUT2D eigenvalue weighted by Gasteiger charge is -2.24. The van der Waals surface area contributed by atoms with Crippen molar-refractivity contribution in [1.29, 1.82) is 0 Å². The van der Waals surface area contributed by atoms with Gasteiger partial charge in [0.15, 0.2) is 5.76 Å². The summed E-state index contributed by atoms with van der Waals surface area (Å²) >= 11 is 0. The van der Waals surface area contributed by atoms with E-state index < -0.39 is 5.97 Å². The molecule has 0 amide bonds. The lowest BCUT2D eigenvalue weighted by atomic mass is 9.81. The molecule has 0 radical (unpaired) electrons.